The molecule has 1 unspecified atom stereocenters. The molecule has 0 aliphatic carbocycles. The number of carbonyl (C=O) groups is 1. The Balaban J connectivity index is 2.98. The molecule has 1 aromatic rings. The maximum absolute atomic E-state index is 10.5. The van der Waals surface area contributed by atoms with Crippen molar-refractivity contribution in [1.29, 1.82) is 0 Å². The van der Waals surface area contributed by atoms with Gasteiger partial charge in [-0.05, 0) is 13.3 Å². The topological polar surface area (TPSA) is 76.2 Å². The SMILES string of the molecule is CCC(C)(N)c1nc(C(=O)O)cs1. The van der Waals surface area contributed by atoms with Crippen LogP contribution in [0.25, 0.3) is 0 Å². The van der Waals surface area contributed by atoms with Gasteiger partial charge in [0, 0.05) is 5.38 Å². The molecule has 0 saturated carbocycles. The van der Waals surface area contributed by atoms with E-state index < -0.39 is 11.5 Å². The number of hydrogen-bond donors (Lipinski definition) is 2. The van der Waals surface area contributed by atoms with Crippen LogP contribution in [0.5, 0.6) is 0 Å². The standard InChI is InChI=1S/C8H12N2O2S/c1-3-8(2,9)7-10-5(4-13-7)6(11)12/h4H,3,9H2,1-2H3,(H,11,12). The van der Waals surface area contributed by atoms with Crippen molar-refractivity contribution in [2.75, 3.05) is 0 Å². The molecule has 0 radical (unpaired) electrons. The number of aromatic carboxylic acids is 1. The van der Waals surface area contributed by atoms with Crippen molar-refractivity contribution in [1.82, 2.24) is 4.98 Å². The lowest BCUT2D eigenvalue weighted by molar-refractivity contribution is 0.0691. The molecule has 1 atom stereocenters. The lowest BCUT2D eigenvalue weighted by atomic mass is 10.0. The molecule has 0 aliphatic rings. The van der Waals surface area contributed by atoms with Gasteiger partial charge in [-0.1, -0.05) is 6.92 Å². The van der Waals surface area contributed by atoms with Gasteiger partial charge in [0.2, 0.25) is 0 Å². The van der Waals surface area contributed by atoms with E-state index in [0.717, 1.165) is 6.42 Å². The minimum Gasteiger partial charge on any atom is -0.476 e. The van der Waals surface area contributed by atoms with Crippen LogP contribution in [0.2, 0.25) is 0 Å². The Labute approximate surface area is 80.4 Å². The zero-order chi connectivity index (χ0) is 10.1. The van der Waals surface area contributed by atoms with Crippen LogP contribution >= 0.6 is 11.3 Å². The molecule has 4 nitrogen and oxygen atoms in total. The molecule has 0 spiro atoms. The van der Waals surface area contributed by atoms with Gasteiger partial charge in [0.1, 0.15) is 5.01 Å². The van der Waals surface area contributed by atoms with Crippen LogP contribution in [0, 0.1) is 0 Å². The molecule has 0 saturated heterocycles. The van der Waals surface area contributed by atoms with Crippen molar-refractivity contribution in [3.8, 4) is 0 Å². The van der Waals surface area contributed by atoms with Crippen LogP contribution in [-0.2, 0) is 5.54 Å². The third-order valence-corrected chi connectivity index (χ3v) is 3.07. The summed E-state index contributed by atoms with van der Waals surface area (Å²) in [6.45, 7) is 3.79. The minimum absolute atomic E-state index is 0.0742. The number of nitrogens with two attached hydrogens (primary N) is 1. The second-order valence-corrected chi connectivity index (χ2v) is 3.97. The summed E-state index contributed by atoms with van der Waals surface area (Å²) >= 11 is 1.29. The summed E-state index contributed by atoms with van der Waals surface area (Å²) in [7, 11) is 0. The predicted octanol–water partition coefficient (Wildman–Crippen LogP) is 1.43. The first-order valence-electron chi connectivity index (χ1n) is 3.95. The maximum atomic E-state index is 10.5. The smallest absolute Gasteiger partial charge is 0.355 e. The summed E-state index contributed by atoms with van der Waals surface area (Å²) in [6, 6.07) is 0. The monoisotopic (exact) mass is 200 g/mol. The quantitative estimate of drug-likeness (QED) is 0.773. The second kappa shape index (κ2) is 3.43. The minimum atomic E-state index is -1.01. The van der Waals surface area contributed by atoms with Gasteiger partial charge in [0.25, 0.3) is 0 Å². The largest absolute Gasteiger partial charge is 0.476 e. The van der Waals surface area contributed by atoms with Crippen molar-refractivity contribution >= 4 is 17.3 Å². The number of carboxylic acid groups (broad SMARTS) is 1. The fraction of sp³-hybridized carbons (Fsp3) is 0.500. The van der Waals surface area contributed by atoms with Crippen molar-refractivity contribution < 1.29 is 9.90 Å². The van der Waals surface area contributed by atoms with E-state index in [1.165, 1.54) is 16.7 Å². The number of aromatic nitrogens is 1. The zero-order valence-corrected chi connectivity index (χ0v) is 8.39. The molecule has 1 rings (SSSR count). The number of rotatable bonds is 3. The molecule has 13 heavy (non-hydrogen) atoms. The first-order chi connectivity index (χ1) is 5.97. The third kappa shape index (κ3) is 2.05. The highest BCUT2D eigenvalue weighted by atomic mass is 32.1. The lowest BCUT2D eigenvalue weighted by Gasteiger charge is -2.18. The number of hydrogen-bond acceptors (Lipinski definition) is 4. The molecular weight excluding hydrogens is 188 g/mol. The summed E-state index contributed by atoms with van der Waals surface area (Å²) in [4.78, 5) is 14.5. The molecule has 3 N–H and O–H groups in total. The molecule has 0 aliphatic heterocycles. The van der Waals surface area contributed by atoms with Crippen molar-refractivity contribution in [3.05, 3.63) is 16.1 Å². The van der Waals surface area contributed by atoms with Crippen LogP contribution < -0.4 is 5.73 Å². The molecule has 0 amide bonds. The van der Waals surface area contributed by atoms with E-state index in [-0.39, 0.29) is 5.69 Å². The molecule has 5 heteroatoms. The average Bonchev–Trinajstić information content (AvgIpc) is 2.52. The van der Waals surface area contributed by atoms with Crippen molar-refractivity contribution in [3.63, 3.8) is 0 Å². The molecular formula is C8H12N2O2S. The average molecular weight is 200 g/mol. The van der Waals surface area contributed by atoms with Gasteiger partial charge in [-0.2, -0.15) is 0 Å². The van der Waals surface area contributed by atoms with Gasteiger partial charge >= 0.3 is 5.97 Å². The molecule has 1 aromatic heterocycles. The molecule has 0 fully saturated rings. The van der Waals surface area contributed by atoms with Gasteiger partial charge in [-0.3, -0.25) is 0 Å². The van der Waals surface area contributed by atoms with Gasteiger partial charge in [0.15, 0.2) is 5.69 Å². The second-order valence-electron chi connectivity index (χ2n) is 3.11. The van der Waals surface area contributed by atoms with E-state index in [1.807, 2.05) is 13.8 Å². The van der Waals surface area contributed by atoms with E-state index >= 15 is 0 Å². The molecule has 0 bridgehead atoms. The van der Waals surface area contributed by atoms with E-state index in [9.17, 15) is 4.79 Å². The van der Waals surface area contributed by atoms with Gasteiger partial charge in [-0.15, -0.1) is 11.3 Å². The summed E-state index contributed by atoms with van der Waals surface area (Å²) < 4.78 is 0. The summed E-state index contributed by atoms with van der Waals surface area (Å²) in [5.41, 5.74) is 5.46. The van der Waals surface area contributed by atoms with Crippen LogP contribution in [0.1, 0.15) is 35.8 Å². The highest BCUT2D eigenvalue weighted by molar-refractivity contribution is 7.10. The molecule has 1 heterocycles. The Morgan fingerprint density at radius 3 is 2.85 bits per heavy atom. The van der Waals surface area contributed by atoms with Crippen LogP contribution in [-0.4, -0.2) is 16.1 Å². The summed E-state index contributed by atoms with van der Waals surface area (Å²) in [6.07, 6.45) is 0.736. The van der Waals surface area contributed by atoms with E-state index in [1.54, 1.807) is 0 Å². The predicted molar refractivity (Wildman–Crippen MR) is 50.9 cm³/mol. The van der Waals surface area contributed by atoms with Gasteiger partial charge in [0.05, 0.1) is 5.54 Å². The first-order valence-corrected chi connectivity index (χ1v) is 4.83. The lowest BCUT2D eigenvalue weighted by Crippen LogP contribution is -2.31. The zero-order valence-electron chi connectivity index (χ0n) is 7.57. The fourth-order valence-electron chi connectivity index (χ4n) is 0.786. The van der Waals surface area contributed by atoms with E-state index in [4.69, 9.17) is 10.8 Å². The summed E-state index contributed by atoms with van der Waals surface area (Å²) in [5.74, 6) is -1.01. The van der Waals surface area contributed by atoms with E-state index in [2.05, 4.69) is 4.98 Å². The molecule has 0 aromatic carbocycles. The Hall–Kier alpha value is -0.940. The van der Waals surface area contributed by atoms with Crippen LogP contribution in [0.4, 0.5) is 0 Å². The Bertz CT molecular complexity index is 320. The number of carboxylic acids is 1. The Kier molecular flexibility index (Phi) is 2.68. The highest BCUT2D eigenvalue weighted by Gasteiger charge is 2.23. The summed E-state index contributed by atoms with van der Waals surface area (Å²) in [5, 5.41) is 10.8. The van der Waals surface area contributed by atoms with Gasteiger partial charge in [-0.25, -0.2) is 9.78 Å². The first kappa shape index (κ1) is 10.1. The normalized spacial score (nSPS) is 15.3. The van der Waals surface area contributed by atoms with Crippen LogP contribution in [0.15, 0.2) is 5.38 Å². The Morgan fingerprint density at radius 1 is 1.85 bits per heavy atom. The van der Waals surface area contributed by atoms with E-state index in [0.29, 0.717) is 5.01 Å². The van der Waals surface area contributed by atoms with Crippen molar-refractivity contribution in [2.45, 2.75) is 25.8 Å². The third-order valence-electron chi connectivity index (χ3n) is 1.95. The highest BCUT2D eigenvalue weighted by Crippen LogP contribution is 2.24. The van der Waals surface area contributed by atoms with Crippen LogP contribution in [0.3, 0.4) is 0 Å². The Morgan fingerprint density at radius 2 is 2.46 bits per heavy atom. The van der Waals surface area contributed by atoms with Gasteiger partial charge < -0.3 is 10.8 Å². The number of thiazole rings is 1. The fourth-order valence-corrected chi connectivity index (χ4v) is 1.73. The molecule has 72 valence electrons. The number of nitrogens with zero attached hydrogens (tertiary/aromatic N) is 1. The maximum Gasteiger partial charge on any atom is 0.355 e. The van der Waals surface area contributed by atoms with Crippen molar-refractivity contribution in [2.24, 2.45) is 5.73 Å².